The van der Waals surface area contributed by atoms with E-state index in [4.69, 9.17) is 0 Å². The van der Waals surface area contributed by atoms with Crippen LogP contribution in [0.5, 0.6) is 0 Å². The fourth-order valence-corrected chi connectivity index (χ4v) is 1.18. The van der Waals surface area contributed by atoms with Crippen molar-refractivity contribution in [3.05, 3.63) is 12.3 Å². The number of hydrogen-bond donors (Lipinski definition) is 0. The Morgan fingerprint density at radius 3 is 2.56 bits per heavy atom. The van der Waals surface area contributed by atoms with Crippen LogP contribution in [0.4, 0.5) is 0 Å². The minimum atomic E-state index is 0.897. The smallest absolute Gasteiger partial charge is 0.0217 e. The van der Waals surface area contributed by atoms with Gasteiger partial charge in [-0.15, -0.1) is 0 Å². The van der Waals surface area contributed by atoms with Gasteiger partial charge in [0.25, 0.3) is 0 Å². The third kappa shape index (κ3) is 1.26. The van der Waals surface area contributed by atoms with Crippen molar-refractivity contribution in [1.29, 1.82) is 0 Å². The maximum atomic E-state index is 3.96. The SMILES string of the molecule is C=C(CC)N1CC(C)C1. The Labute approximate surface area is 57.4 Å². The standard InChI is InChI=1S/C8H15N/c1-4-8(3)9-5-7(2)6-9/h7H,3-6H2,1-2H3. The normalized spacial score (nSPS) is 19.6. The molecule has 0 aromatic rings. The Bertz CT molecular complexity index is 112. The van der Waals surface area contributed by atoms with Crippen LogP contribution >= 0.6 is 0 Å². The zero-order valence-corrected chi connectivity index (χ0v) is 6.35. The molecule has 52 valence electrons. The Kier molecular flexibility index (Phi) is 1.79. The van der Waals surface area contributed by atoms with Gasteiger partial charge in [0.05, 0.1) is 0 Å². The Hall–Kier alpha value is -0.460. The van der Waals surface area contributed by atoms with Crippen molar-refractivity contribution in [1.82, 2.24) is 4.90 Å². The number of hydrogen-bond acceptors (Lipinski definition) is 1. The molecule has 0 aliphatic carbocycles. The van der Waals surface area contributed by atoms with Crippen LogP contribution < -0.4 is 0 Å². The molecule has 1 fully saturated rings. The second kappa shape index (κ2) is 2.42. The molecule has 1 saturated heterocycles. The van der Waals surface area contributed by atoms with Crippen molar-refractivity contribution in [2.45, 2.75) is 20.3 Å². The van der Waals surface area contributed by atoms with Crippen LogP contribution in [0.15, 0.2) is 12.3 Å². The summed E-state index contributed by atoms with van der Waals surface area (Å²) >= 11 is 0. The molecule has 0 aromatic heterocycles. The van der Waals surface area contributed by atoms with Gasteiger partial charge in [0.1, 0.15) is 0 Å². The maximum Gasteiger partial charge on any atom is 0.0217 e. The first-order valence-corrected chi connectivity index (χ1v) is 3.66. The Morgan fingerprint density at radius 2 is 2.22 bits per heavy atom. The predicted molar refractivity (Wildman–Crippen MR) is 40.2 cm³/mol. The summed E-state index contributed by atoms with van der Waals surface area (Å²) in [7, 11) is 0. The number of nitrogens with zero attached hydrogens (tertiary/aromatic N) is 1. The third-order valence-corrected chi connectivity index (χ3v) is 1.92. The van der Waals surface area contributed by atoms with Gasteiger partial charge in [0, 0.05) is 18.8 Å². The average Bonchev–Trinajstić information content (AvgIpc) is 1.79. The molecule has 1 nitrogen and oxygen atoms in total. The van der Waals surface area contributed by atoms with Gasteiger partial charge in [0.15, 0.2) is 0 Å². The number of rotatable bonds is 2. The van der Waals surface area contributed by atoms with Crippen molar-refractivity contribution in [3.63, 3.8) is 0 Å². The largest absolute Gasteiger partial charge is 0.375 e. The van der Waals surface area contributed by atoms with Crippen molar-refractivity contribution >= 4 is 0 Å². The van der Waals surface area contributed by atoms with Crippen LogP contribution in [0.3, 0.4) is 0 Å². The van der Waals surface area contributed by atoms with Crippen LogP contribution in [-0.2, 0) is 0 Å². The molecular formula is C8H15N. The highest BCUT2D eigenvalue weighted by molar-refractivity contribution is 4.98. The van der Waals surface area contributed by atoms with Gasteiger partial charge in [-0.3, -0.25) is 0 Å². The first-order valence-electron chi connectivity index (χ1n) is 3.66. The van der Waals surface area contributed by atoms with Crippen LogP contribution in [-0.4, -0.2) is 18.0 Å². The average molecular weight is 125 g/mol. The van der Waals surface area contributed by atoms with E-state index in [1.54, 1.807) is 0 Å². The summed E-state index contributed by atoms with van der Waals surface area (Å²) in [5.41, 5.74) is 1.30. The van der Waals surface area contributed by atoms with E-state index in [1.807, 2.05) is 0 Å². The summed E-state index contributed by atoms with van der Waals surface area (Å²) in [6.45, 7) is 10.8. The molecule has 9 heavy (non-hydrogen) atoms. The van der Waals surface area contributed by atoms with E-state index < -0.39 is 0 Å². The van der Waals surface area contributed by atoms with E-state index in [1.165, 1.54) is 18.8 Å². The molecule has 1 aliphatic rings. The van der Waals surface area contributed by atoms with Crippen molar-refractivity contribution in [3.8, 4) is 0 Å². The molecular weight excluding hydrogens is 110 g/mol. The molecule has 0 bridgehead atoms. The van der Waals surface area contributed by atoms with E-state index in [-0.39, 0.29) is 0 Å². The Morgan fingerprint density at radius 1 is 1.67 bits per heavy atom. The molecule has 1 heterocycles. The molecule has 1 heteroatoms. The zero-order chi connectivity index (χ0) is 6.85. The molecule has 0 aromatic carbocycles. The molecule has 0 radical (unpaired) electrons. The monoisotopic (exact) mass is 125 g/mol. The first-order chi connectivity index (χ1) is 4.24. The minimum absolute atomic E-state index is 0.897. The second-order valence-corrected chi connectivity index (χ2v) is 2.93. The van der Waals surface area contributed by atoms with Gasteiger partial charge in [-0.25, -0.2) is 0 Å². The fraction of sp³-hybridized carbons (Fsp3) is 0.750. The quantitative estimate of drug-likeness (QED) is 0.544. The molecule has 0 atom stereocenters. The number of allylic oxidation sites excluding steroid dienone is 1. The summed E-state index contributed by atoms with van der Waals surface area (Å²) in [5, 5.41) is 0. The lowest BCUT2D eigenvalue weighted by atomic mass is 10.0. The van der Waals surface area contributed by atoms with Crippen LogP contribution in [0, 0.1) is 5.92 Å². The van der Waals surface area contributed by atoms with E-state index in [0.29, 0.717) is 0 Å². The lowest BCUT2D eigenvalue weighted by molar-refractivity contribution is 0.154. The topological polar surface area (TPSA) is 3.24 Å². The maximum absolute atomic E-state index is 3.96. The van der Waals surface area contributed by atoms with Gasteiger partial charge in [0.2, 0.25) is 0 Å². The molecule has 1 aliphatic heterocycles. The fourth-order valence-electron chi connectivity index (χ4n) is 1.18. The van der Waals surface area contributed by atoms with E-state index in [0.717, 1.165) is 12.3 Å². The minimum Gasteiger partial charge on any atom is -0.375 e. The van der Waals surface area contributed by atoms with Crippen LogP contribution in [0.25, 0.3) is 0 Å². The Balaban J connectivity index is 2.23. The predicted octanol–water partition coefficient (Wildman–Crippen LogP) is 1.86. The summed E-state index contributed by atoms with van der Waals surface area (Å²) in [6, 6.07) is 0. The highest BCUT2D eigenvalue weighted by Crippen LogP contribution is 2.20. The van der Waals surface area contributed by atoms with E-state index in [9.17, 15) is 0 Å². The highest BCUT2D eigenvalue weighted by atomic mass is 15.2. The first kappa shape index (κ1) is 6.66. The summed E-state index contributed by atoms with van der Waals surface area (Å²) in [4.78, 5) is 2.35. The number of likely N-dealkylation sites (tertiary alicyclic amines) is 1. The summed E-state index contributed by atoms with van der Waals surface area (Å²) in [6.07, 6.45) is 1.10. The zero-order valence-electron chi connectivity index (χ0n) is 6.35. The highest BCUT2D eigenvalue weighted by Gasteiger charge is 2.21. The lowest BCUT2D eigenvalue weighted by Crippen LogP contribution is -2.43. The third-order valence-electron chi connectivity index (χ3n) is 1.92. The molecule has 0 unspecified atom stereocenters. The summed E-state index contributed by atoms with van der Waals surface area (Å²) < 4.78 is 0. The van der Waals surface area contributed by atoms with Crippen LogP contribution in [0.2, 0.25) is 0 Å². The van der Waals surface area contributed by atoms with E-state index >= 15 is 0 Å². The van der Waals surface area contributed by atoms with Crippen molar-refractivity contribution in [2.24, 2.45) is 5.92 Å². The molecule has 0 saturated carbocycles. The van der Waals surface area contributed by atoms with Crippen molar-refractivity contribution in [2.75, 3.05) is 13.1 Å². The molecule has 0 spiro atoms. The lowest BCUT2D eigenvalue weighted by Gasteiger charge is -2.40. The van der Waals surface area contributed by atoms with E-state index in [2.05, 4.69) is 25.3 Å². The van der Waals surface area contributed by atoms with Gasteiger partial charge >= 0.3 is 0 Å². The van der Waals surface area contributed by atoms with Gasteiger partial charge in [-0.1, -0.05) is 20.4 Å². The molecule has 1 rings (SSSR count). The molecule has 0 amide bonds. The van der Waals surface area contributed by atoms with Crippen LogP contribution in [0.1, 0.15) is 20.3 Å². The van der Waals surface area contributed by atoms with Crippen molar-refractivity contribution < 1.29 is 0 Å². The molecule has 0 N–H and O–H groups in total. The van der Waals surface area contributed by atoms with Gasteiger partial charge < -0.3 is 4.90 Å². The second-order valence-electron chi connectivity index (χ2n) is 2.93. The van der Waals surface area contributed by atoms with Gasteiger partial charge in [-0.05, 0) is 12.3 Å². The van der Waals surface area contributed by atoms with Gasteiger partial charge in [-0.2, -0.15) is 0 Å². The summed E-state index contributed by atoms with van der Waals surface area (Å²) in [5.74, 6) is 0.897.